The molecule has 178 valence electrons. The number of carbonyl (C=O) groups is 5. The summed E-state index contributed by atoms with van der Waals surface area (Å²) in [4.78, 5) is 60.1. The highest BCUT2D eigenvalue weighted by Crippen LogP contribution is 2.07. The quantitative estimate of drug-likeness (QED) is 0.169. The van der Waals surface area contributed by atoms with Gasteiger partial charge in [0, 0.05) is 6.92 Å². The van der Waals surface area contributed by atoms with Gasteiger partial charge in [0.15, 0.2) is 0 Å². The normalized spacial score (nSPS) is 17.7. The number of amides is 5. The summed E-state index contributed by atoms with van der Waals surface area (Å²) in [6.45, 7) is 8.61. The Bertz CT molecular complexity index is 668. The number of rotatable bonds is 12. The Balaban J connectivity index is 5.23. The average Bonchev–Trinajstić information content (AvgIpc) is 2.66. The van der Waals surface area contributed by atoms with Crippen molar-refractivity contribution >= 4 is 29.5 Å². The second kappa shape index (κ2) is 12.8. The van der Waals surface area contributed by atoms with E-state index in [0.717, 1.165) is 6.92 Å². The molecule has 0 unspecified atom stereocenters. The van der Waals surface area contributed by atoms with E-state index in [2.05, 4.69) is 21.3 Å². The zero-order chi connectivity index (χ0) is 24.5. The maximum absolute atomic E-state index is 12.6. The van der Waals surface area contributed by atoms with E-state index in [4.69, 9.17) is 5.73 Å². The van der Waals surface area contributed by atoms with Crippen LogP contribution in [0.15, 0.2) is 0 Å². The fourth-order valence-corrected chi connectivity index (χ4v) is 2.65. The van der Waals surface area contributed by atoms with Crippen LogP contribution >= 0.6 is 0 Å². The Morgan fingerprint density at radius 3 is 1.55 bits per heavy atom. The summed E-state index contributed by atoms with van der Waals surface area (Å²) >= 11 is 0. The molecule has 0 radical (unpaired) electrons. The molecular weight excluding hydrogens is 410 g/mol. The number of nitrogens with one attached hydrogen (secondary N) is 4. The molecule has 0 bridgehead atoms. The molecule has 0 aromatic rings. The average molecular weight is 446 g/mol. The minimum atomic E-state index is -1.47. The van der Waals surface area contributed by atoms with Crippen molar-refractivity contribution in [1.29, 1.82) is 0 Å². The minimum absolute atomic E-state index is 0.222. The third kappa shape index (κ3) is 9.30. The number of hydrogen-bond donors (Lipinski definition) is 7. The summed E-state index contributed by atoms with van der Waals surface area (Å²) < 4.78 is 0. The van der Waals surface area contributed by atoms with Gasteiger partial charge >= 0.3 is 0 Å². The van der Waals surface area contributed by atoms with Crippen LogP contribution in [0.3, 0.4) is 0 Å². The molecule has 0 heterocycles. The van der Waals surface area contributed by atoms with Gasteiger partial charge in [-0.25, -0.2) is 0 Å². The molecule has 0 aliphatic carbocycles. The zero-order valence-electron chi connectivity index (χ0n) is 18.8. The van der Waals surface area contributed by atoms with Gasteiger partial charge in [0.25, 0.3) is 0 Å². The van der Waals surface area contributed by atoms with E-state index in [0.29, 0.717) is 6.42 Å². The van der Waals surface area contributed by atoms with Crippen LogP contribution in [0, 0.1) is 5.92 Å². The largest absolute Gasteiger partial charge is 0.391 e. The maximum Gasteiger partial charge on any atom is 0.245 e. The number of nitrogens with two attached hydrogens (primary N) is 1. The predicted molar refractivity (Wildman–Crippen MR) is 111 cm³/mol. The molecule has 0 saturated carbocycles. The van der Waals surface area contributed by atoms with Gasteiger partial charge in [-0.3, -0.25) is 24.0 Å². The van der Waals surface area contributed by atoms with E-state index in [9.17, 15) is 34.2 Å². The van der Waals surface area contributed by atoms with E-state index in [-0.39, 0.29) is 5.92 Å². The van der Waals surface area contributed by atoms with Crippen LogP contribution < -0.4 is 27.0 Å². The number of aliphatic hydroxyl groups excluding tert-OH is 2. The van der Waals surface area contributed by atoms with Crippen molar-refractivity contribution in [1.82, 2.24) is 21.3 Å². The number of aliphatic hydroxyl groups is 2. The third-order valence-electron chi connectivity index (χ3n) is 4.76. The Morgan fingerprint density at radius 2 is 1.16 bits per heavy atom. The van der Waals surface area contributed by atoms with E-state index < -0.39 is 65.9 Å². The lowest BCUT2D eigenvalue weighted by atomic mass is 9.98. The van der Waals surface area contributed by atoms with Crippen LogP contribution in [0.4, 0.5) is 0 Å². The molecule has 31 heavy (non-hydrogen) atoms. The molecule has 0 rings (SSSR count). The van der Waals surface area contributed by atoms with Crippen molar-refractivity contribution in [2.45, 2.75) is 84.3 Å². The molecule has 12 nitrogen and oxygen atoms in total. The SMILES string of the molecule is CC[C@H](C)[C@H](NC(=O)[C@H](C)NC(=O)[C@@H](NC(=O)[C@@H](NC(C)=O)[C@@H](C)O)[C@@H](C)O)C(N)=O. The minimum Gasteiger partial charge on any atom is -0.391 e. The van der Waals surface area contributed by atoms with E-state index in [1.807, 2.05) is 6.92 Å². The highest BCUT2D eigenvalue weighted by molar-refractivity contribution is 5.95. The third-order valence-corrected chi connectivity index (χ3v) is 4.76. The Morgan fingerprint density at radius 1 is 0.742 bits per heavy atom. The molecule has 0 saturated heterocycles. The lowest BCUT2D eigenvalue weighted by molar-refractivity contribution is -0.137. The molecule has 12 heteroatoms. The van der Waals surface area contributed by atoms with Crippen molar-refractivity contribution in [2.75, 3.05) is 0 Å². The first kappa shape index (κ1) is 28.3. The van der Waals surface area contributed by atoms with Crippen LogP contribution in [0.1, 0.15) is 48.0 Å². The van der Waals surface area contributed by atoms with E-state index >= 15 is 0 Å². The molecule has 0 fully saturated rings. The number of hydrogen-bond acceptors (Lipinski definition) is 7. The highest BCUT2D eigenvalue weighted by Gasteiger charge is 2.33. The van der Waals surface area contributed by atoms with Crippen LogP contribution in [-0.4, -0.2) is 76.1 Å². The summed E-state index contributed by atoms with van der Waals surface area (Å²) in [7, 11) is 0. The van der Waals surface area contributed by atoms with Crippen molar-refractivity contribution in [2.24, 2.45) is 11.7 Å². The van der Waals surface area contributed by atoms with Crippen molar-refractivity contribution in [3.8, 4) is 0 Å². The topological polar surface area (TPSA) is 200 Å². The predicted octanol–water partition coefficient (Wildman–Crippen LogP) is -2.74. The smallest absolute Gasteiger partial charge is 0.245 e. The van der Waals surface area contributed by atoms with Gasteiger partial charge in [-0.2, -0.15) is 0 Å². The first-order chi connectivity index (χ1) is 14.2. The van der Waals surface area contributed by atoms with Gasteiger partial charge in [-0.05, 0) is 26.7 Å². The molecule has 0 spiro atoms. The number of carbonyl (C=O) groups excluding carboxylic acids is 5. The van der Waals surface area contributed by atoms with Gasteiger partial charge in [-0.15, -0.1) is 0 Å². The van der Waals surface area contributed by atoms with Gasteiger partial charge in [-0.1, -0.05) is 20.3 Å². The molecule has 7 atom stereocenters. The fourth-order valence-electron chi connectivity index (χ4n) is 2.65. The van der Waals surface area contributed by atoms with E-state index in [1.54, 1.807) is 6.92 Å². The number of primary amides is 1. The fraction of sp³-hybridized carbons (Fsp3) is 0.737. The van der Waals surface area contributed by atoms with Crippen LogP contribution in [0.2, 0.25) is 0 Å². The lowest BCUT2D eigenvalue weighted by Crippen LogP contribution is -2.61. The highest BCUT2D eigenvalue weighted by atomic mass is 16.3. The lowest BCUT2D eigenvalue weighted by Gasteiger charge is -2.27. The molecule has 0 aromatic heterocycles. The summed E-state index contributed by atoms with van der Waals surface area (Å²) in [6.07, 6.45) is -2.04. The molecular formula is C19H35N5O7. The van der Waals surface area contributed by atoms with Crippen molar-refractivity contribution in [3.63, 3.8) is 0 Å². The summed E-state index contributed by atoms with van der Waals surface area (Å²) in [5.41, 5.74) is 5.32. The first-order valence-electron chi connectivity index (χ1n) is 10.1. The molecule has 8 N–H and O–H groups in total. The van der Waals surface area contributed by atoms with Crippen molar-refractivity contribution in [3.05, 3.63) is 0 Å². The van der Waals surface area contributed by atoms with Crippen LogP contribution in [0.25, 0.3) is 0 Å². The van der Waals surface area contributed by atoms with Crippen molar-refractivity contribution < 1.29 is 34.2 Å². The Kier molecular flexibility index (Phi) is 11.7. The first-order valence-corrected chi connectivity index (χ1v) is 10.1. The molecule has 0 aliphatic heterocycles. The standard InChI is InChI=1S/C19H35N5O7/c1-7-8(2)13(16(20)28)23-17(29)9(3)21-18(30)15(11(5)26)24-19(31)14(10(4)25)22-12(6)27/h8-11,13-15,25-26H,7H2,1-6H3,(H2,20,28)(H,21,30)(H,22,27)(H,23,29)(H,24,31)/t8-,9-,10+,11+,13-,14-,15-/m0/s1. The Hall–Kier alpha value is -2.73. The van der Waals surface area contributed by atoms with Gasteiger partial charge < -0.3 is 37.2 Å². The van der Waals surface area contributed by atoms with Gasteiger partial charge in [0.1, 0.15) is 24.2 Å². The molecule has 5 amide bonds. The summed E-state index contributed by atoms with van der Waals surface area (Å²) in [5.74, 6) is -3.95. The second-order valence-electron chi connectivity index (χ2n) is 7.65. The van der Waals surface area contributed by atoms with Crippen LogP contribution in [-0.2, 0) is 24.0 Å². The summed E-state index contributed by atoms with van der Waals surface area (Å²) in [5, 5.41) is 29.0. The monoisotopic (exact) mass is 445 g/mol. The second-order valence-corrected chi connectivity index (χ2v) is 7.65. The zero-order valence-corrected chi connectivity index (χ0v) is 18.8. The molecule has 0 aromatic carbocycles. The summed E-state index contributed by atoms with van der Waals surface area (Å²) in [6, 6.07) is -4.86. The van der Waals surface area contributed by atoms with E-state index in [1.165, 1.54) is 20.8 Å². The van der Waals surface area contributed by atoms with Crippen LogP contribution in [0.5, 0.6) is 0 Å². The molecule has 0 aliphatic rings. The maximum atomic E-state index is 12.6. The van der Waals surface area contributed by atoms with Gasteiger partial charge in [0.2, 0.25) is 29.5 Å². The Labute approximate surface area is 181 Å². The van der Waals surface area contributed by atoms with Gasteiger partial charge in [0.05, 0.1) is 12.2 Å².